The molecule has 3 aromatic rings. The summed E-state index contributed by atoms with van der Waals surface area (Å²) in [5, 5.41) is 6.72. The van der Waals surface area contributed by atoms with E-state index in [0.717, 1.165) is 24.1 Å². The highest BCUT2D eigenvalue weighted by atomic mass is 35.5. The first-order chi connectivity index (χ1) is 12.2. The largest absolute Gasteiger partial charge is 0.351 e. The summed E-state index contributed by atoms with van der Waals surface area (Å²) < 4.78 is 13.2. The SMILES string of the molecule is Fc1ccc(Nc2cc(-c3cccnc3)nc(NC3CC3)n2)c(Cl)c1. The van der Waals surface area contributed by atoms with E-state index >= 15 is 0 Å². The molecule has 1 aliphatic rings. The Labute approximate surface area is 149 Å². The van der Waals surface area contributed by atoms with Crippen LogP contribution in [0.25, 0.3) is 11.3 Å². The van der Waals surface area contributed by atoms with Crippen molar-refractivity contribution in [1.82, 2.24) is 15.0 Å². The quantitative estimate of drug-likeness (QED) is 0.697. The van der Waals surface area contributed by atoms with Crippen molar-refractivity contribution in [2.45, 2.75) is 18.9 Å². The van der Waals surface area contributed by atoms with Crippen LogP contribution in [0.2, 0.25) is 5.02 Å². The average molecular weight is 356 g/mol. The zero-order valence-corrected chi connectivity index (χ0v) is 14.0. The summed E-state index contributed by atoms with van der Waals surface area (Å²) in [7, 11) is 0. The van der Waals surface area contributed by atoms with Crippen molar-refractivity contribution in [2.75, 3.05) is 10.6 Å². The van der Waals surface area contributed by atoms with Gasteiger partial charge in [0.15, 0.2) is 0 Å². The first kappa shape index (κ1) is 15.8. The molecule has 1 aliphatic carbocycles. The molecule has 25 heavy (non-hydrogen) atoms. The van der Waals surface area contributed by atoms with Crippen LogP contribution in [0, 0.1) is 5.82 Å². The van der Waals surface area contributed by atoms with Crippen molar-refractivity contribution >= 4 is 29.1 Å². The average Bonchev–Trinajstić information content (AvgIpc) is 3.42. The van der Waals surface area contributed by atoms with Crippen molar-refractivity contribution in [2.24, 2.45) is 0 Å². The lowest BCUT2D eigenvalue weighted by molar-refractivity contribution is 0.628. The summed E-state index contributed by atoms with van der Waals surface area (Å²) >= 11 is 6.10. The second-order valence-corrected chi connectivity index (χ2v) is 6.28. The highest BCUT2D eigenvalue weighted by molar-refractivity contribution is 6.33. The number of rotatable bonds is 5. The number of aromatic nitrogens is 3. The van der Waals surface area contributed by atoms with Crippen LogP contribution in [0.1, 0.15) is 12.8 Å². The van der Waals surface area contributed by atoms with Crippen molar-refractivity contribution in [1.29, 1.82) is 0 Å². The molecule has 0 atom stereocenters. The number of anilines is 3. The van der Waals surface area contributed by atoms with E-state index in [-0.39, 0.29) is 5.82 Å². The molecule has 1 saturated carbocycles. The van der Waals surface area contributed by atoms with Gasteiger partial charge in [0.25, 0.3) is 0 Å². The van der Waals surface area contributed by atoms with Crippen LogP contribution >= 0.6 is 11.6 Å². The van der Waals surface area contributed by atoms with E-state index in [9.17, 15) is 4.39 Å². The number of benzene rings is 1. The number of nitrogens with one attached hydrogen (secondary N) is 2. The van der Waals surface area contributed by atoms with Gasteiger partial charge in [0.05, 0.1) is 16.4 Å². The normalized spacial score (nSPS) is 13.5. The number of nitrogens with zero attached hydrogens (tertiary/aromatic N) is 3. The lowest BCUT2D eigenvalue weighted by Crippen LogP contribution is -2.08. The van der Waals surface area contributed by atoms with Gasteiger partial charge in [-0.3, -0.25) is 4.98 Å². The number of hydrogen-bond donors (Lipinski definition) is 2. The molecule has 0 amide bonds. The Kier molecular flexibility index (Phi) is 4.19. The number of pyridine rings is 1. The van der Waals surface area contributed by atoms with E-state index < -0.39 is 0 Å². The van der Waals surface area contributed by atoms with Crippen molar-refractivity contribution in [3.05, 3.63) is 59.6 Å². The van der Waals surface area contributed by atoms with Crippen molar-refractivity contribution in [3.63, 3.8) is 0 Å². The second kappa shape index (κ2) is 6.64. The molecule has 1 fully saturated rings. The first-order valence-electron chi connectivity index (χ1n) is 7.95. The summed E-state index contributed by atoms with van der Waals surface area (Å²) in [6.07, 6.45) is 5.70. The lowest BCUT2D eigenvalue weighted by atomic mass is 10.2. The van der Waals surface area contributed by atoms with Gasteiger partial charge < -0.3 is 10.6 Å². The Morgan fingerprint density at radius 1 is 1.12 bits per heavy atom. The third-order valence-corrected chi connectivity index (χ3v) is 4.10. The van der Waals surface area contributed by atoms with E-state index in [1.165, 1.54) is 12.1 Å². The van der Waals surface area contributed by atoms with Crippen LogP contribution in [0.4, 0.5) is 21.8 Å². The summed E-state index contributed by atoms with van der Waals surface area (Å²) in [6, 6.07) is 10.2. The Morgan fingerprint density at radius 3 is 2.72 bits per heavy atom. The van der Waals surface area contributed by atoms with Gasteiger partial charge in [0.2, 0.25) is 5.95 Å². The molecule has 0 aliphatic heterocycles. The number of halogens is 2. The van der Waals surface area contributed by atoms with Crippen LogP contribution in [0.3, 0.4) is 0 Å². The minimum Gasteiger partial charge on any atom is -0.351 e. The molecule has 0 unspecified atom stereocenters. The fraction of sp³-hybridized carbons (Fsp3) is 0.167. The maximum atomic E-state index is 13.2. The molecule has 0 bridgehead atoms. The predicted molar refractivity (Wildman–Crippen MR) is 96.6 cm³/mol. The van der Waals surface area contributed by atoms with E-state index in [1.807, 2.05) is 18.2 Å². The Balaban J connectivity index is 1.70. The highest BCUT2D eigenvalue weighted by Crippen LogP contribution is 2.29. The zero-order chi connectivity index (χ0) is 17.2. The number of hydrogen-bond acceptors (Lipinski definition) is 5. The fourth-order valence-electron chi connectivity index (χ4n) is 2.38. The molecular formula is C18H15ClFN5. The molecule has 2 aromatic heterocycles. The molecule has 0 spiro atoms. The summed E-state index contributed by atoms with van der Waals surface area (Å²) in [5.41, 5.74) is 2.21. The predicted octanol–water partition coefficient (Wildman–Crippen LogP) is 4.65. The van der Waals surface area contributed by atoms with E-state index in [0.29, 0.717) is 28.5 Å². The van der Waals surface area contributed by atoms with Gasteiger partial charge in [0, 0.05) is 30.1 Å². The molecule has 2 heterocycles. The molecule has 7 heteroatoms. The van der Waals surface area contributed by atoms with Gasteiger partial charge in [-0.25, -0.2) is 9.37 Å². The van der Waals surface area contributed by atoms with Gasteiger partial charge >= 0.3 is 0 Å². The third-order valence-electron chi connectivity index (χ3n) is 3.79. The zero-order valence-electron chi connectivity index (χ0n) is 13.2. The first-order valence-corrected chi connectivity index (χ1v) is 8.33. The smallest absolute Gasteiger partial charge is 0.225 e. The molecule has 0 radical (unpaired) electrons. The maximum Gasteiger partial charge on any atom is 0.225 e. The van der Waals surface area contributed by atoms with Crippen LogP contribution in [-0.4, -0.2) is 21.0 Å². The molecule has 2 N–H and O–H groups in total. The monoisotopic (exact) mass is 355 g/mol. The lowest BCUT2D eigenvalue weighted by Gasteiger charge is -2.12. The van der Waals surface area contributed by atoms with Crippen molar-refractivity contribution in [3.8, 4) is 11.3 Å². The molecule has 126 valence electrons. The topological polar surface area (TPSA) is 62.7 Å². The summed E-state index contributed by atoms with van der Waals surface area (Å²) in [6.45, 7) is 0. The molecule has 1 aromatic carbocycles. The molecule has 5 nitrogen and oxygen atoms in total. The van der Waals surface area contributed by atoms with Gasteiger partial charge in [0.1, 0.15) is 11.6 Å². The van der Waals surface area contributed by atoms with E-state index in [4.69, 9.17) is 11.6 Å². The molecular weight excluding hydrogens is 341 g/mol. The maximum absolute atomic E-state index is 13.2. The van der Waals surface area contributed by atoms with Crippen LogP contribution < -0.4 is 10.6 Å². The third kappa shape index (κ3) is 3.85. The Hall–Kier alpha value is -2.73. The van der Waals surface area contributed by atoms with Crippen molar-refractivity contribution < 1.29 is 4.39 Å². The Morgan fingerprint density at radius 2 is 2.00 bits per heavy atom. The minimum atomic E-state index is -0.384. The van der Waals surface area contributed by atoms with Gasteiger partial charge in [-0.05, 0) is 43.2 Å². The minimum absolute atomic E-state index is 0.290. The standard InChI is InChI=1S/C18H15ClFN5/c19-14-8-12(20)3-6-15(14)23-17-9-16(11-2-1-7-21-10-11)24-18(25-17)22-13-4-5-13/h1-3,6-10,13H,4-5H2,(H2,22,23,24,25). The highest BCUT2D eigenvalue weighted by Gasteiger charge is 2.22. The van der Waals surface area contributed by atoms with Gasteiger partial charge in [-0.15, -0.1) is 0 Å². The molecule has 0 saturated heterocycles. The van der Waals surface area contributed by atoms with E-state index in [1.54, 1.807) is 18.5 Å². The van der Waals surface area contributed by atoms with Crippen LogP contribution in [0.5, 0.6) is 0 Å². The summed E-state index contributed by atoms with van der Waals surface area (Å²) in [5.74, 6) is 0.737. The van der Waals surface area contributed by atoms with Crippen LogP contribution in [-0.2, 0) is 0 Å². The fourth-order valence-corrected chi connectivity index (χ4v) is 2.59. The summed E-state index contributed by atoms with van der Waals surface area (Å²) in [4.78, 5) is 13.2. The van der Waals surface area contributed by atoms with Gasteiger partial charge in [-0.1, -0.05) is 11.6 Å². The molecule has 4 rings (SSSR count). The Bertz CT molecular complexity index is 899. The van der Waals surface area contributed by atoms with Crippen LogP contribution in [0.15, 0.2) is 48.8 Å². The van der Waals surface area contributed by atoms with E-state index in [2.05, 4.69) is 25.6 Å². The second-order valence-electron chi connectivity index (χ2n) is 5.87. The van der Waals surface area contributed by atoms with Gasteiger partial charge in [-0.2, -0.15) is 4.98 Å².